The average Bonchev–Trinajstić information content (AvgIpc) is 3.36. The van der Waals surface area contributed by atoms with Crippen molar-refractivity contribution in [1.29, 1.82) is 0 Å². The summed E-state index contributed by atoms with van der Waals surface area (Å²) in [6, 6.07) is 16.7. The summed E-state index contributed by atoms with van der Waals surface area (Å²) in [5, 5.41) is 0.379. The molecule has 1 unspecified atom stereocenters. The van der Waals surface area contributed by atoms with Gasteiger partial charge in [-0.1, -0.05) is 30.3 Å². The standard InChI is InChI=1S/C29H30FNO5/c1-18-7-8-22(14-27(32)36-19(2)16-33-3)26(11-18)35-17-23-13-25(21-6-4-5-20(12-21)15-31)29-24(28(23)30)9-10-34-29/h4-13,19H,14-17,31H2,1-3H3. The van der Waals surface area contributed by atoms with E-state index in [0.717, 1.165) is 22.3 Å². The summed E-state index contributed by atoms with van der Waals surface area (Å²) in [5.74, 6) is -0.287. The van der Waals surface area contributed by atoms with Crippen molar-refractivity contribution in [3.8, 4) is 16.9 Å². The molecule has 0 aliphatic carbocycles. The molecule has 4 rings (SSSR count). The molecule has 0 spiro atoms. The number of ether oxygens (including phenoxy) is 3. The Hall–Kier alpha value is -3.68. The van der Waals surface area contributed by atoms with E-state index in [-0.39, 0.29) is 25.1 Å². The predicted octanol–water partition coefficient (Wildman–Crippen LogP) is 5.71. The normalized spacial score (nSPS) is 12.0. The molecule has 7 heteroatoms. The first-order chi connectivity index (χ1) is 17.4. The summed E-state index contributed by atoms with van der Waals surface area (Å²) >= 11 is 0. The van der Waals surface area contributed by atoms with Crippen LogP contribution in [0, 0.1) is 12.7 Å². The van der Waals surface area contributed by atoms with Crippen LogP contribution in [0.1, 0.15) is 29.2 Å². The number of esters is 1. The highest BCUT2D eigenvalue weighted by Gasteiger charge is 2.18. The Morgan fingerprint density at radius 3 is 2.72 bits per heavy atom. The monoisotopic (exact) mass is 491 g/mol. The van der Waals surface area contributed by atoms with E-state index in [1.807, 2.05) is 49.4 Å². The quantitative estimate of drug-likeness (QED) is 0.286. The van der Waals surface area contributed by atoms with Crippen molar-refractivity contribution in [1.82, 2.24) is 0 Å². The lowest BCUT2D eigenvalue weighted by molar-refractivity contribution is -0.149. The molecule has 0 fully saturated rings. The highest BCUT2D eigenvalue weighted by Crippen LogP contribution is 2.34. The van der Waals surface area contributed by atoms with Gasteiger partial charge in [-0.05, 0) is 54.8 Å². The predicted molar refractivity (Wildman–Crippen MR) is 136 cm³/mol. The van der Waals surface area contributed by atoms with Crippen molar-refractivity contribution >= 4 is 16.9 Å². The zero-order valence-electron chi connectivity index (χ0n) is 20.7. The second kappa shape index (κ2) is 11.4. The highest BCUT2D eigenvalue weighted by molar-refractivity contribution is 5.93. The lowest BCUT2D eigenvalue weighted by Gasteiger charge is -2.16. The van der Waals surface area contributed by atoms with Crippen LogP contribution in [0.2, 0.25) is 0 Å². The van der Waals surface area contributed by atoms with Crippen molar-refractivity contribution in [2.45, 2.75) is 39.5 Å². The van der Waals surface area contributed by atoms with Gasteiger partial charge in [0.15, 0.2) is 0 Å². The Morgan fingerprint density at radius 1 is 1.11 bits per heavy atom. The number of furan rings is 1. The molecule has 188 valence electrons. The minimum atomic E-state index is -0.403. The maximum Gasteiger partial charge on any atom is 0.310 e. The zero-order valence-corrected chi connectivity index (χ0v) is 20.7. The van der Waals surface area contributed by atoms with E-state index in [2.05, 4.69) is 0 Å². The molecular weight excluding hydrogens is 461 g/mol. The third-order valence-corrected chi connectivity index (χ3v) is 5.90. The van der Waals surface area contributed by atoms with Gasteiger partial charge in [0.25, 0.3) is 0 Å². The summed E-state index contributed by atoms with van der Waals surface area (Å²) < 4.78 is 37.5. The first-order valence-electron chi connectivity index (χ1n) is 11.8. The van der Waals surface area contributed by atoms with Crippen molar-refractivity contribution in [2.75, 3.05) is 13.7 Å². The number of fused-ring (bicyclic) bond motifs is 1. The fraction of sp³-hybridized carbons (Fsp3) is 0.276. The molecule has 2 N–H and O–H groups in total. The molecule has 4 aromatic rings. The van der Waals surface area contributed by atoms with Crippen LogP contribution in [-0.4, -0.2) is 25.8 Å². The molecule has 1 heterocycles. The van der Waals surface area contributed by atoms with Crippen molar-refractivity contribution in [3.05, 3.63) is 88.9 Å². The van der Waals surface area contributed by atoms with E-state index in [9.17, 15) is 4.79 Å². The van der Waals surface area contributed by atoms with E-state index in [1.54, 1.807) is 26.2 Å². The van der Waals surface area contributed by atoms with Gasteiger partial charge in [-0.3, -0.25) is 4.79 Å². The Balaban J connectivity index is 1.61. The van der Waals surface area contributed by atoms with Gasteiger partial charge in [0, 0.05) is 30.3 Å². The molecule has 0 aliphatic rings. The van der Waals surface area contributed by atoms with Crippen LogP contribution in [0.25, 0.3) is 22.1 Å². The fourth-order valence-electron chi connectivity index (χ4n) is 4.14. The SMILES string of the molecule is COCC(C)OC(=O)Cc1ccc(C)cc1OCc1cc(-c2cccc(CN)c2)c2occc2c1F. The number of benzene rings is 3. The number of carbonyl (C=O) groups excluding carboxylic acids is 1. The third-order valence-electron chi connectivity index (χ3n) is 5.90. The van der Waals surface area contributed by atoms with Crippen LogP contribution in [0.3, 0.4) is 0 Å². The van der Waals surface area contributed by atoms with Crippen molar-refractivity contribution in [3.63, 3.8) is 0 Å². The molecular formula is C29H30FNO5. The van der Waals surface area contributed by atoms with Gasteiger partial charge in [-0.15, -0.1) is 0 Å². The summed E-state index contributed by atoms with van der Waals surface area (Å²) in [6.45, 7) is 4.38. The van der Waals surface area contributed by atoms with Gasteiger partial charge in [-0.25, -0.2) is 4.39 Å². The smallest absolute Gasteiger partial charge is 0.310 e. The second-order valence-corrected chi connectivity index (χ2v) is 8.80. The fourth-order valence-corrected chi connectivity index (χ4v) is 4.14. The summed E-state index contributed by atoms with van der Waals surface area (Å²) in [4.78, 5) is 12.4. The van der Waals surface area contributed by atoms with Gasteiger partial charge in [-0.2, -0.15) is 0 Å². The Kier molecular flexibility index (Phi) is 8.03. The van der Waals surface area contributed by atoms with Gasteiger partial charge in [0.1, 0.15) is 29.9 Å². The highest BCUT2D eigenvalue weighted by atomic mass is 19.1. The molecule has 0 amide bonds. The van der Waals surface area contributed by atoms with Crippen LogP contribution >= 0.6 is 0 Å². The Labute approximate surface area is 209 Å². The lowest BCUT2D eigenvalue weighted by Crippen LogP contribution is -2.21. The largest absolute Gasteiger partial charge is 0.488 e. The average molecular weight is 492 g/mol. The van der Waals surface area contributed by atoms with Crippen LogP contribution < -0.4 is 10.5 Å². The first kappa shape index (κ1) is 25.4. The van der Waals surface area contributed by atoms with Gasteiger partial charge < -0.3 is 24.4 Å². The number of rotatable bonds is 10. The summed E-state index contributed by atoms with van der Waals surface area (Å²) in [7, 11) is 1.55. The topological polar surface area (TPSA) is 83.9 Å². The van der Waals surface area contributed by atoms with E-state index >= 15 is 4.39 Å². The summed E-state index contributed by atoms with van der Waals surface area (Å²) in [5.41, 5.74) is 10.9. The molecule has 36 heavy (non-hydrogen) atoms. The molecule has 0 aliphatic heterocycles. The third kappa shape index (κ3) is 5.75. The van der Waals surface area contributed by atoms with Crippen molar-refractivity contribution in [2.24, 2.45) is 5.73 Å². The zero-order chi connectivity index (χ0) is 25.7. The number of halogens is 1. The van der Waals surface area contributed by atoms with Gasteiger partial charge in [0.05, 0.1) is 24.7 Å². The number of aryl methyl sites for hydroxylation is 1. The lowest BCUT2D eigenvalue weighted by atomic mass is 9.98. The number of hydrogen-bond donors (Lipinski definition) is 1. The molecule has 3 aromatic carbocycles. The van der Waals surface area contributed by atoms with E-state index in [0.29, 0.717) is 41.0 Å². The minimum Gasteiger partial charge on any atom is -0.488 e. The molecule has 1 atom stereocenters. The second-order valence-electron chi connectivity index (χ2n) is 8.80. The Bertz CT molecular complexity index is 1360. The molecule has 0 saturated carbocycles. The van der Waals surface area contributed by atoms with E-state index < -0.39 is 5.82 Å². The first-order valence-corrected chi connectivity index (χ1v) is 11.8. The summed E-state index contributed by atoms with van der Waals surface area (Å²) in [6.07, 6.45) is 1.15. The molecule has 1 aromatic heterocycles. The van der Waals surface area contributed by atoms with Crippen LogP contribution in [0.5, 0.6) is 5.75 Å². The molecule has 0 saturated heterocycles. The number of methoxy groups -OCH3 is 1. The molecule has 0 radical (unpaired) electrons. The maximum atomic E-state index is 15.4. The van der Waals surface area contributed by atoms with Crippen LogP contribution in [0.4, 0.5) is 4.39 Å². The molecule has 6 nitrogen and oxygen atoms in total. The van der Waals surface area contributed by atoms with Crippen LogP contribution in [0.15, 0.2) is 65.3 Å². The van der Waals surface area contributed by atoms with Crippen molar-refractivity contribution < 1.29 is 27.8 Å². The van der Waals surface area contributed by atoms with Gasteiger partial charge >= 0.3 is 5.97 Å². The minimum absolute atomic E-state index is 0.0257. The number of carbonyl (C=O) groups is 1. The Morgan fingerprint density at radius 2 is 1.94 bits per heavy atom. The van der Waals surface area contributed by atoms with E-state index in [1.165, 1.54) is 6.26 Å². The number of nitrogens with two attached hydrogens (primary N) is 1. The maximum absolute atomic E-state index is 15.4. The van der Waals surface area contributed by atoms with E-state index in [4.69, 9.17) is 24.4 Å². The van der Waals surface area contributed by atoms with Crippen LogP contribution in [-0.2, 0) is 33.8 Å². The molecule has 0 bridgehead atoms. The van der Waals surface area contributed by atoms with Gasteiger partial charge in [0.2, 0.25) is 0 Å². The number of hydrogen-bond acceptors (Lipinski definition) is 6.